The number of hydrogen-bond donors (Lipinski definition) is 3. The van der Waals surface area contributed by atoms with Gasteiger partial charge in [-0.1, -0.05) is 25.4 Å². The summed E-state index contributed by atoms with van der Waals surface area (Å²) < 4.78 is 32.2. The molecule has 3 rings (SSSR count). The van der Waals surface area contributed by atoms with Gasteiger partial charge in [0.25, 0.3) is 0 Å². The Morgan fingerprint density at radius 2 is 2.16 bits per heavy atom. The van der Waals surface area contributed by atoms with Crippen LogP contribution in [0.2, 0.25) is 5.02 Å². The van der Waals surface area contributed by atoms with Crippen molar-refractivity contribution in [2.75, 3.05) is 5.73 Å². The molecule has 3 aromatic rings. The van der Waals surface area contributed by atoms with E-state index in [1.54, 1.807) is 4.57 Å². The van der Waals surface area contributed by atoms with Crippen LogP contribution in [-0.4, -0.2) is 19.3 Å². The minimum Gasteiger partial charge on any atom is -0.456 e. The Bertz CT molecular complexity index is 1010. The monoisotopic (exact) mass is 387 g/mol. The highest BCUT2D eigenvalue weighted by atomic mass is 35.5. The number of halogens is 2. The van der Waals surface area contributed by atoms with Crippen molar-refractivity contribution in [2.45, 2.75) is 20.4 Å². The summed E-state index contributed by atoms with van der Waals surface area (Å²) in [4.78, 5) is 23.3. The van der Waals surface area contributed by atoms with Crippen LogP contribution in [0.3, 0.4) is 0 Å². The van der Waals surface area contributed by atoms with Crippen molar-refractivity contribution in [2.24, 2.45) is 5.92 Å². The van der Waals surface area contributed by atoms with E-state index in [0.29, 0.717) is 12.1 Å². The summed E-state index contributed by atoms with van der Waals surface area (Å²) in [5, 5.41) is 0.113. The zero-order chi connectivity index (χ0) is 18.5. The molecule has 10 heteroatoms. The molecule has 0 saturated heterocycles. The van der Waals surface area contributed by atoms with Crippen LogP contribution in [-0.2, 0) is 11.1 Å². The fourth-order valence-corrected chi connectivity index (χ4v) is 3.67. The van der Waals surface area contributed by atoms with Crippen molar-refractivity contribution < 1.29 is 23.2 Å². The van der Waals surface area contributed by atoms with E-state index < -0.39 is 18.9 Å². The number of anilines is 1. The Labute approximate surface area is 147 Å². The molecule has 0 atom stereocenters. The molecule has 0 spiro atoms. The Morgan fingerprint density at radius 1 is 1.48 bits per heavy atom. The molecule has 2 heterocycles. The van der Waals surface area contributed by atoms with Crippen LogP contribution in [0.4, 0.5) is 10.1 Å². The first-order chi connectivity index (χ1) is 11.6. The van der Waals surface area contributed by atoms with Crippen molar-refractivity contribution >= 4 is 41.4 Å². The lowest BCUT2D eigenvalue weighted by Gasteiger charge is -2.13. The highest BCUT2D eigenvalue weighted by Crippen LogP contribution is 2.40. The molecular weight excluding hydrogens is 372 g/mol. The SMILES string of the molecule is CC(C)Cn1c(-c2ccoc2P(=O)(O)O)nc2c(N)c(F)cc(Cl)c21. The number of benzene rings is 1. The molecule has 4 N–H and O–H groups in total. The predicted octanol–water partition coefficient (Wildman–Crippen LogP) is 3.13. The number of nitrogen functional groups attached to an aromatic ring is 1. The average Bonchev–Trinajstić information content (AvgIpc) is 3.08. The first kappa shape index (κ1) is 17.9. The van der Waals surface area contributed by atoms with Gasteiger partial charge in [-0.3, -0.25) is 4.57 Å². The Hall–Kier alpha value is -1.86. The number of nitrogens with zero attached hydrogens (tertiary/aromatic N) is 2. The first-order valence-electron chi connectivity index (χ1n) is 7.39. The number of fused-ring (bicyclic) bond motifs is 1. The summed E-state index contributed by atoms with van der Waals surface area (Å²) in [6.07, 6.45) is 1.16. The summed E-state index contributed by atoms with van der Waals surface area (Å²) in [6.45, 7) is 4.34. The van der Waals surface area contributed by atoms with Crippen molar-refractivity contribution in [3.8, 4) is 11.4 Å². The Kier molecular flexibility index (Phi) is 4.41. The van der Waals surface area contributed by atoms with Gasteiger partial charge >= 0.3 is 7.60 Å². The summed E-state index contributed by atoms with van der Waals surface area (Å²) in [7, 11) is -4.66. The molecule has 0 aliphatic carbocycles. The van der Waals surface area contributed by atoms with Gasteiger partial charge in [0, 0.05) is 6.54 Å². The van der Waals surface area contributed by atoms with E-state index in [0.717, 1.165) is 12.3 Å². The zero-order valence-electron chi connectivity index (χ0n) is 13.4. The molecule has 25 heavy (non-hydrogen) atoms. The summed E-state index contributed by atoms with van der Waals surface area (Å²) in [6, 6.07) is 2.49. The van der Waals surface area contributed by atoms with Gasteiger partial charge in [0.1, 0.15) is 17.2 Å². The molecule has 0 fully saturated rings. The molecule has 0 aliphatic rings. The number of rotatable bonds is 4. The lowest BCUT2D eigenvalue weighted by atomic mass is 10.2. The van der Waals surface area contributed by atoms with Gasteiger partial charge in [0.15, 0.2) is 0 Å². The molecule has 0 radical (unpaired) electrons. The Balaban J connectivity index is 2.40. The minimum absolute atomic E-state index is 0.112. The maximum Gasteiger partial charge on any atom is 0.391 e. The molecule has 1 aromatic carbocycles. The van der Waals surface area contributed by atoms with Gasteiger partial charge in [-0.25, -0.2) is 9.37 Å². The van der Waals surface area contributed by atoms with Crippen LogP contribution in [0.15, 0.2) is 22.8 Å². The van der Waals surface area contributed by atoms with E-state index in [1.165, 1.54) is 6.07 Å². The van der Waals surface area contributed by atoms with E-state index in [2.05, 4.69) is 4.98 Å². The van der Waals surface area contributed by atoms with Crippen molar-refractivity contribution in [1.29, 1.82) is 0 Å². The number of hydrogen-bond acceptors (Lipinski definition) is 4. The number of nitrogens with two attached hydrogens (primary N) is 1. The second kappa shape index (κ2) is 6.14. The van der Waals surface area contributed by atoms with Gasteiger partial charge in [-0.2, -0.15) is 0 Å². The van der Waals surface area contributed by atoms with Gasteiger partial charge in [0.2, 0.25) is 5.50 Å². The molecule has 0 aliphatic heterocycles. The fraction of sp³-hybridized carbons (Fsp3) is 0.267. The smallest absolute Gasteiger partial charge is 0.391 e. The largest absolute Gasteiger partial charge is 0.456 e. The van der Waals surface area contributed by atoms with Crippen LogP contribution in [0.5, 0.6) is 0 Å². The molecule has 7 nitrogen and oxygen atoms in total. The van der Waals surface area contributed by atoms with E-state index in [4.69, 9.17) is 21.8 Å². The molecule has 134 valence electrons. The first-order valence-corrected chi connectivity index (χ1v) is 9.38. The van der Waals surface area contributed by atoms with E-state index in [1.807, 2.05) is 13.8 Å². The quantitative estimate of drug-likeness (QED) is 0.468. The van der Waals surface area contributed by atoms with Crippen LogP contribution in [0.25, 0.3) is 22.4 Å². The summed E-state index contributed by atoms with van der Waals surface area (Å²) in [5.74, 6) is -0.348. The van der Waals surface area contributed by atoms with E-state index in [9.17, 15) is 18.7 Å². The van der Waals surface area contributed by atoms with Crippen molar-refractivity contribution in [3.63, 3.8) is 0 Å². The minimum atomic E-state index is -4.66. The van der Waals surface area contributed by atoms with E-state index >= 15 is 0 Å². The van der Waals surface area contributed by atoms with Crippen LogP contribution in [0, 0.1) is 11.7 Å². The summed E-state index contributed by atoms with van der Waals surface area (Å²) in [5.41, 5.74) is 5.76. The molecule has 0 unspecified atom stereocenters. The highest BCUT2D eigenvalue weighted by Gasteiger charge is 2.30. The molecule has 2 aromatic heterocycles. The topological polar surface area (TPSA) is 115 Å². The number of aromatic nitrogens is 2. The van der Waals surface area contributed by atoms with Crippen LogP contribution >= 0.6 is 19.2 Å². The second-order valence-corrected chi connectivity index (χ2v) is 7.98. The third kappa shape index (κ3) is 3.06. The standard InChI is InChI=1S/C15H16ClFN3O4P/c1-7(2)6-20-13-9(16)5-10(17)11(18)12(13)19-14(20)8-3-4-24-15(8)25(21,22)23/h3-5,7H,6,18H2,1-2H3,(H2,21,22,23). The van der Waals surface area contributed by atoms with E-state index in [-0.39, 0.29) is 33.5 Å². The van der Waals surface area contributed by atoms with Gasteiger partial charge in [-0.15, -0.1) is 0 Å². The molecular formula is C15H16ClFN3O4P. The molecule has 0 bridgehead atoms. The third-order valence-electron chi connectivity index (χ3n) is 3.66. The van der Waals surface area contributed by atoms with Gasteiger partial charge < -0.3 is 24.5 Å². The van der Waals surface area contributed by atoms with Crippen molar-refractivity contribution in [1.82, 2.24) is 9.55 Å². The summed E-state index contributed by atoms with van der Waals surface area (Å²) >= 11 is 6.19. The number of furan rings is 1. The zero-order valence-corrected chi connectivity index (χ0v) is 15.1. The maximum atomic E-state index is 13.9. The van der Waals surface area contributed by atoms with Gasteiger partial charge in [0.05, 0.1) is 28.1 Å². The highest BCUT2D eigenvalue weighted by molar-refractivity contribution is 7.60. The maximum absolute atomic E-state index is 13.9. The Morgan fingerprint density at radius 3 is 2.76 bits per heavy atom. The lowest BCUT2D eigenvalue weighted by molar-refractivity contribution is 0.376. The fourth-order valence-electron chi connectivity index (χ4n) is 2.70. The lowest BCUT2D eigenvalue weighted by Crippen LogP contribution is -2.11. The predicted molar refractivity (Wildman–Crippen MR) is 93.3 cm³/mol. The molecule has 0 amide bonds. The normalized spacial score (nSPS) is 12.4. The third-order valence-corrected chi connectivity index (χ3v) is 4.82. The number of imidazole rings is 1. The van der Waals surface area contributed by atoms with Crippen LogP contribution < -0.4 is 11.2 Å². The van der Waals surface area contributed by atoms with Crippen LogP contribution in [0.1, 0.15) is 13.8 Å². The average molecular weight is 388 g/mol. The second-order valence-electron chi connectivity index (χ2n) is 6.07. The molecule has 0 saturated carbocycles. The van der Waals surface area contributed by atoms with Gasteiger partial charge in [-0.05, 0) is 18.1 Å². The van der Waals surface area contributed by atoms with Crippen molar-refractivity contribution in [3.05, 3.63) is 29.2 Å².